The molecule has 3 rings (SSSR count). The fourth-order valence-electron chi connectivity index (χ4n) is 4.59. The van der Waals surface area contributed by atoms with Crippen molar-refractivity contribution in [2.75, 3.05) is 52.4 Å². The maximum atomic E-state index is 12.8. The first-order chi connectivity index (χ1) is 18.1. The summed E-state index contributed by atoms with van der Waals surface area (Å²) >= 11 is 0. The Bertz CT molecular complexity index is 1030. The molecule has 0 aromatic heterocycles. The van der Waals surface area contributed by atoms with Gasteiger partial charge in [0.2, 0.25) is 0 Å². The molecule has 0 bridgehead atoms. The Morgan fingerprint density at radius 1 is 1.03 bits per heavy atom. The van der Waals surface area contributed by atoms with Crippen molar-refractivity contribution < 1.29 is 22.7 Å². The van der Waals surface area contributed by atoms with Gasteiger partial charge in [0.05, 0.1) is 12.2 Å². The molecule has 1 aliphatic rings. The van der Waals surface area contributed by atoms with Crippen molar-refractivity contribution in [3.05, 3.63) is 64.2 Å². The van der Waals surface area contributed by atoms with E-state index in [9.17, 15) is 18.0 Å². The molecule has 1 unspecified atom stereocenters. The van der Waals surface area contributed by atoms with Gasteiger partial charge in [-0.15, -0.1) is 0 Å². The quantitative estimate of drug-likeness (QED) is 0.354. The van der Waals surface area contributed by atoms with Gasteiger partial charge in [-0.25, -0.2) is 0 Å². The van der Waals surface area contributed by atoms with E-state index in [1.807, 2.05) is 0 Å². The van der Waals surface area contributed by atoms with Gasteiger partial charge in [0.25, 0.3) is 5.91 Å². The van der Waals surface area contributed by atoms with Crippen LogP contribution in [0.4, 0.5) is 13.2 Å². The van der Waals surface area contributed by atoms with Crippen molar-refractivity contribution in [3.8, 4) is 5.75 Å². The topological polar surface area (TPSA) is 44.8 Å². The van der Waals surface area contributed by atoms with Gasteiger partial charge in [0.1, 0.15) is 5.75 Å². The zero-order chi connectivity index (χ0) is 27.7. The lowest BCUT2D eigenvalue weighted by Gasteiger charge is -2.35. The molecule has 5 nitrogen and oxygen atoms in total. The van der Waals surface area contributed by atoms with Crippen LogP contribution in [0.5, 0.6) is 5.75 Å². The highest BCUT2D eigenvalue weighted by molar-refractivity contribution is 5.94. The lowest BCUT2D eigenvalue weighted by molar-refractivity contribution is -0.137. The summed E-state index contributed by atoms with van der Waals surface area (Å²) < 4.78 is 44.4. The lowest BCUT2D eigenvalue weighted by Crippen LogP contribution is -2.49. The Hall–Kier alpha value is -2.58. The van der Waals surface area contributed by atoms with Crippen LogP contribution < -0.4 is 10.1 Å². The van der Waals surface area contributed by atoms with Crippen molar-refractivity contribution >= 4 is 5.91 Å². The van der Waals surface area contributed by atoms with E-state index in [-0.39, 0.29) is 5.91 Å². The van der Waals surface area contributed by atoms with E-state index in [1.165, 1.54) is 35.2 Å². The summed E-state index contributed by atoms with van der Waals surface area (Å²) in [5.41, 5.74) is 3.29. The van der Waals surface area contributed by atoms with Crippen LogP contribution in [0.1, 0.15) is 59.3 Å². The number of benzene rings is 2. The maximum absolute atomic E-state index is 12.8. The third-order valence-corrected chi connectivity index (χ3v) is 7.61. The summed E-state index contributed by atoms with van der Waals surface area (Å²) in [6.07, 6.45) is -1.32. The number of piperazine rings is 1. The number of alkyl halides is 3. The van der Waals surface area contributed by atoms with Gasteiger partial charge in [-0.1, -0.05) is 26.3 Å². The van der Waals surface area contributed by atoms with Crippen LogP contribution in [0.25, 0.3) is 0 Å². The highest BCUT2D eigenvalue weighted by atomic mass is 19.4. The van der Waals surface area contributed by atoms with Crippen molar-refractivity contribution in [2.45, 2.75) is 53.1 Å². The summed E-state index contributed by atoms with van der Waals surface area (Å²) in [5.74, 6) is 1.43. The predicted molar refractivity (Wildman–Crippen MR) is 146 cm³/mol. The third-order valence-electron chi connectivity index (χ3n) is 7.61. The number of hydrogen-bond donors (Lipinski definition) is 1. The van der Waals surface area contributed by atoms with Gasteiger partial charge in [-0.05, 0) is 92.7 Å². The second-order valence-corrected chi connectivity index (χ2v) is 10.4. The fourth-order valence-corrected chi connectivity index (χ4v) is 4.59. The number of nitrogens with zero attached hydrogens (tertiary/aromatic N) is 2. The Morgan fingerprint density at radius 2 is 1.71 bits per heavy atom. The minimum Gasteiger partial charge on any atom is -0.493 e. The molecular weight excluding hydrogens is 491 g/mol. The Kier molecular flexibility index (Phi) is 11.0. The van der Waals surface area contributed by atoms with Crippen molar-refractivity contribution in [1.29, 1.82) is 0 Å². The molecule has 1 fully saturated rings. The second kappa shape index (κ2) is 14.0. The Balaban J connectivity index is 1.41. The minimum atomic E-state index is -4.40. The average molecular weight is 534 g/mol. The van der Waals surface area contributed by atoms with Gasteiger partial charge in [0, 0.05) is 38.3 Å². The molecule has 1 heterocycles. The molecule has 0 radical (unpaired) electrons. The Morgan fingerprint density at radius 3 is 2.34 bits per heavy atom. The minimum absolute atomic E-state index is 0.216. The Labute approximate surface area is 225 Å². The van der Waals surface area contributed by atoms with E-state index in [0.717, 1.165) is 63.4 Å². The van der Waals surface area contributed by atoms with Crippen LogP contribution >= 0.6 is 0 Å². The van der Waals surface area contributed by atoms with Crippen molar-refractivity contribution in [2.24, 2.45) is 5.92 Å². The van der Waals surface area contributed by atoms with E-state index in [0.29, 0.717) is 31.2 Å². The third kappa shape index (κ3) is 8.46. The van der Waals surface area contributed by atoms with E-state index in [1.54, 1.807) is 4.90 Å². The molecule has 2 aromatic carbocycles. The van der Waals surface area contributed by atoms with Crippen LogP contribution in [0.3, 0.4) is 0 Å². The highest BCUT2D eigenvalue weighted by Crippen LogP contribution is 2.29. The summed E-state index contributed by atoms with van der Waals surface area (Å²) in [6.45, 7) is 15.0. The van der Waals surface area contributed by atoms with Gasteiger partial charge in [-0.2, -0.15) is 13.2 Å². The zero-order valence-corrected chi connectivity index (χ0v) is 23.2. The molecule has 0 spiro atoms. The molecule has 1 aliphatic heterocycles. The SMILES string of the molecule is CCC(C)CNCCCOc1ccc(CCN2CCN(C(=O)c3ccc(C(F)(F)F)cc3)CC2)c(C)c1C. The number of hydrogen-bond acceptors (Lipinski definition) is 4. The van der Waals surface area contributed by atoms with Crippen molar-refractivity contribution in [1.82, 2.24) is 15.1 Å². The van der Waals surface area contributed by atoms with Crippen LogP contribution in [0, 0.1) is 19.8 Å². The van der Waals surface area contributed by atoms with Gasteiger partial charge in [-0.3, -0.25) is 9.69 Å². The van der Waals surface area contributed by atoms with E-state index >= 15 is 0 Å². The molecule has 210 valence electrons. The largest absolute Gasteiger partial charge is 0.493 e. The van der Waals surface area contributed by atoms with E-state index in [4.69, 9.17) is 4.74 Å². The molecular formula is C30H42F3N3O2. The number of carbonyl (C=O) groups is 1. The summed E-state index contributed by atoms with van der Waals surface area (Å²) in [4.78, 5) is 16.8. The monoisotopic (exact) mass is 533 g/mol. The van der Waals surface area contributed by atoms with Gasteiger partial charge < -0.3 is 15.0 Å². The predicted octanol–water partition coefficient (Wildman–Crippen LogP) is 5.73. The molecule has 1 N–H and O–H groups in total. The standard InChI is InChI=1S/C30H42F3N3O2/c1-5-22(2)21-34-14-6-20-38-28-12-9-25(23(3)24(28)4)13-15-35-16-18-36(19-17-35)29(37)26-7-10-27(11-8-26)30(31,32)33/h7-12,22,34H,5-6,13-21H2,1-4H3. The number of ether oxygens (including phenoxy) is 1. The lowest BCUT2D eigenvalue weighted by atomic mass is 9.99. The van der Waals surface area contributed by atoms with E-state index < -0.39 is 11.7 Å². The van der Waals surface area contributed by atoms with Gasteiger partial charge >= 0.3 is 6.18 Å². The average Bonchev–Trinajstić information content (AvgIpc) is 2.91. The van der Waals surface area contributed by atoms with Crippen LogP contribution in [-0.4, -0.2) is 68.1 Å². The maximum Gasteiger partial charge on any atom is 0.416 e. The normalized spacial score (nSPS) is 15.5. The molecule has 0 aliphatic carbocycles. The molecule has 1 atom stereocenters. The van der Waals surface area contributed by atoms with Crippen LogP contribution in [0.2, 0.25) is 0 Å². The second-order valence-electron chi connectivity index (χ2n) is 10.4. The number of nitrogens with one attached hydrogen (secondary N) is 1. The number of carbonyl (C=O) groups excluding carboxylic acids is 1. The molecule has 1 amide bonds. The molecule has 2 aromatic rings. The highest BCUT2D eigenvalue weighted by Gasteiger charge is 2.30. The number of amides is 1. The zero-order valence-electron chi connectivity index (χ0n) is 23.2. The van der Waals surface area contributed by atoms with Crippen LogP contribution in [-0.2, 0) is 12.6 Å². The van der Waals surface area contributed by atoms with Crippen molar-refractivity contribution in [3.63, 3.8) is 0 Å². The van der Waals surface area contributed by atoms with E-state index in [2.05, 4.69) is 50.0 Å². The smallest absolute Gasteiger partial charge is 0.416 e. The number of halogens is 3. The molecule has 8 heteroatoms. The molecule has 0 saturated carbocycles. The number of rotatable bonds is 12. The fraction of sp³-hybridized carbons (Fsp3) is 0.567. The first kappa shape index (κ1) is 30.0. The first-order valence-corrected chi connectivity index (χ1v) is 13.7. The summed E-state index contributed by atoms with van der Waals surface area (Å²) in [6, 6.07) is 8.70. The molecule has 38 heavy (non-hydrogen) atoms. The summed E-state index contributed by atoms with van der Waals surface area (Å²) in [7, 11) is 0. The van der Waals surface area contributed by atoms with Gasteiger partial charge in [0.15, 0.2) is 0 Å². The first-order valence-electron chi connectivity index (χ1n) is 13.7. The van der Waals surface area contributed by atoms with Crippen LogP contribution in [0.15, 0.2) is 36.4 Å². The molecule has 1 saturated heterocycles. The summed E-state index contributed by atoms with van der Waals surface area (Å²) in [5, 5.41) is 3.49.